The quantitative estimate of drug-likeness (QED) is 0.273. The number of anilines is 1. The summed E-state index contributed by atoms with van der Waals surface area (Å²) in [6, 6.07) is 17.6. The van der Waals surface area contributed by atoms with Gasteiger partial charge in [0.25, 0.3) is 0 Å². The first-order valence-electron chi connectivity index (χ1n) is 16.4. The molecule has 2 saturated heterocycles. The van der Waals surface area contributed by atoms with Crippen molar-refractivity contribution < 1.29 is 27.8 Å². The van der Waals surface area contributed by atoms with Crippen LogP contribution in [0.5, 0.6) is 5.75 Å². The van der Waals surface area contributed by atoms with Gasteiger partial charge in [0.05, 0.1) is 12.6 Å². The maximum atomic E-state index is 16.2. The number of benzene rings is 3. The van der Waals surface area contributed by atoms with E-state index in [2.05, 4.69) is 4.90 Å². The zero-order chi connectivity index (χ0) is 32.5. The van der Waals surface area contributed by atoms with Crippen molar-refractivity contribution in [3.8, 4) is 5.75 Å². The number of rotatable bonds is 9. The Hall–Kier alpha value is -3.56. The molecule has 1 N–H and O–H groups in total. The minimum absolute atomic E-state index is 0.0437. The summed E-state index contributed by atoms with van der Waals surface area (Å²) in [6.45, 7) is 6.89. The maximum Gasteiger partial charge on any atom is 0.317 e. The van der Waals surface area contributed by atoms with Gasteiger partial charge < -0.3 is 14.7 Å². The van der Waals surface area contributed by atoms with E-state index in [4.69, 9.17) is 9.84 Å². The summed E-state index contributed by atoms with van der Waals surface area (Å²) in [4.78, 5) is 17.0. The van der Waals surface area contributed by atoms with E-state index in [0.717, 1.165) is 55.5 Å². The molecule has 1 spiro atoms. The Bertz CT molecular complexity index is 1500. The molecule has 1 unspecified atom stereocenters. The van der Waals surface area contributed by atoms with Crippen molar-refractivity contribution in [2.24, 2.45) is 5.41 Å². The minimum atomic E-state index is -1.55. The summed E-state index contributed by atoms with van der Waals surface area (Å²) >= 11 is 0. The van der Waals surface area contributed by atoms with Crippen LogP contribution in [-0.4, -0.2) is 72.4 Å². The third kappa shape index (κ3) is 7.36. The number of nitrogens with zero attached hydrogens (tertiary/aromatic N) is 3. The molecule has 46 heavy (non-hydrogen) atoms. The fraction of sp³-hybridized carbons (Fsp3) is 0.486. The van der Waals surface area contributed by atoms with Crippen LogP contribution in [0.15, 0.2) is 60.7 Å². The normalized spacial score (nSPS) is 20.5. The highest BCUT2D eigenvalue weighted by Crippen LogP contribution is 2.44. The molecule has 3 aromatic rings. The molecular formula is C37H44F3N3O3. The molecule has 0 saturated carbocycles. The average molecular weight is 636 g/mol. The molecule has 6 rings (SSSR count). The Morgan fingerprint density at radius 2 is 1.59 bits per heavy atom. The van der Waals surface area contributed by atoms with E-state index in [-0.39, 0.29) is 24.1 Å². The van der Waals surface area contributed by atoms with E-state index in [9.17, 15) is 4.79 Å². The fourth-order valence-electron chi connectivity index (χ4n) is 7.61. The standard InChI is InChI=1S/C37H44F3N3O3/c1-36(2,40)25-43-15-10-27-20-29(46-24-26-6-4-3-5-7-26)8-9-30(27)35(43)34-31(38)21-28(22-32(34)39)42-18-13-37(14-19-42)11-16-41(17-12-37)23-33(44)45/h3-9,20-22,35H,10-19,23-25H2,1-2H3,(H,44,45). The lowest BCUT2D eigenvalue weighted by Gasteiger charge is -2.47. The maximum absolute atomic E-state index is 16.2. The number of carboxylic acids is 1. The van der Waals surface area contributed by atoms with Crippen molar-refractivity contribution in [2.75, 3.05) is 50.7 Å². The second-order valence-electron chi connectivity index (χ2n) is 14.0. The number of fused-ring (bicyclic) bond motifs is 1. The third-order valence-corrected chi connectivity index (χ3v) is 10.1. The number of halogens is 3. The monoisotopic (exact) mass is 635 g/mol. The van der Waals surface area contributed by atoms with Crippen LogP contribution in [0.1, 0.15) is 67.8 Å². The van der Waals surface area contributed by atoms with Crippen LogP contribution in [0, 0.1) is 17.0 Å². The van der Waals surface area contributed by atoms with Gasteiger partial charge in [0.1, 0.15) is 29.7 Å². The van der Waals surface area contributed by atoms with Crippen molar-refractivity contribution in [3.63, 3.8) is 0 Å². The molecule has 2 fully saturated rings. The number of ether oxygens (including phenoxy) is 1. The van der Waals surface area contributed by atoms with Crippen molar-refractivity contribution in [1.29, 1.82) is 0 Å². The molecule has 6 nitrogen and oxygen atoms in total. The van der Waals surface area contributed by atoms with E-state index in [1.54, 1.807) is 0 Å². The van der Waals surface area contributed by atoms with Crippen LogP contribution < -0.4 is 9.64 Å². The predicted molar refractivity (Wildman–Crippen MR) is 173 cm³/mol. The number of hydrogen-bond donors (Lipinski definition) is 1. The van der Waals surface area contributed by atoms with Gasteiger partial charge in [0, 0.05) is 37.4 Å². The van der Waals surface area contributed by atoms with Crippen LogP contribution in [0.4, 0.5) is 18.9 Å². The van der Waals surface area contributed by atoms with E-state index < -0.39 is 29.3 Å². The lowest BCUT2D eigenvalue weighted by Crippen LogP contribution is -2.47. The van der Waals surface area contributed by atoms with Gasteiger partial charge in [-0.1, -0.05) is 36.4 Å². The molecular weight excluding hydrogens is 591 g/mol. The Labute approximate surface area is 269 Å². The van der Waals surface area contributed by atoms with Crippen molar-refractivity contribution in [1.82, 2.24) is 9.80 Å². The number of alkyl halides is 1. The van der Waals surface area contributed by atoms with Crippen LogP contribution >= 0.6 is 0 Å². The summed E-state index contributed by atoms with van der Waals surface area (Å²) in [5.74, 6) is -1.36. The van der Waals surface area contributed by atoms with Gasteiger partial charge in [-0.2, -0.15) is 0 Å². The smallest absolute Gasteiger partial charge is 0.317 e. The zero-order valence-corrected chi connectivity index (χ0v) is 26.8. The van der Waals surface area contributed by atoms with E-state index in [0.29, 0.717) is 44.1 Å². The van der Waals surface area contributed by atoms with E-state index in [1.165, 1.54) is 26.0 Å². The van der Waals surface area contributed by atoms with Crippen LogP contribution in [0.3, 0.4) is 0 Å². The summed E-state index contributed by atoms with van der Waals surface area (Å²) in [5.41, 5.74) is 1.83. The van der Waals surface area contributed by atoms with Gasteiger partial charge in [-0.25, -0.2) is 13.2 Å². The first kappa shape index (κ1) is 32.4. The zero-order valence-electron chi connectivity index (χ0n) is 26.8. The molecule has 3 aliphatic heterocycles. The molecule has 1 atom stereocenters. The molecule has 0 bridgehead atoms. The number of likely N-dealkylation sites (tertiary alicyclic amines) is 1. The van der Waals surface area contributed by atoms with E-state index >= 15 is 13.2 Å². The van der Waals surface area contributed by atoms with Crippen molar-refractivity contribution in [2.45, 2.75) is 64.3 Å². The number of carbonyl (C=O) groups is 1. The Morgan fingerprint density at radius 3 is 2.22 bits per heavy atom. The summed E-state index contributed by atoms with van der Waals surface area (Å²) < 4.78 is 53.4. The molecule has 0 aliphatic carbocycles. The minimum Gasteiger partial charge on any atom is -0.489 e. The fourth-order valence-corrected chi connectivity index (χ4v) is 7.61. The lowest BCUT2D eigenvalue weighted by atomic mass is 9.71. The molecule has 9 heteroatoms. The molecule has 246 valence electrons. The Morgan fingerprint density at radius 1 is 0.935 bits per heavy atom. The van der Waals surface area contributed by atoms with Crippen LogP contribution in [0.25, 0.3) is 0 Å². The van der Waals surface area contributed by atoms with Gasteiger partial charge in [0.2, 0.25) is 0 Å². The number of carboxylic acid groups (broad SMARTS) is 1. The van der Waals surface area contributed by atoms with Gasteiger partial charge in [-0.05, 0) is 105 Å². The second kappa shape index (κ2) is 13.3. The van der Waals surface area contributed by atoms with E-state index in [1.807, 2.05) is 58.3 Å². The molecule has 3 heterocycles. The molecule has 0 radical (unpaired) electrons. The first-order valence-corrected chi connectivity index (χ1v) is 16.4. The van der Waals surface area contributed by atoms with Crippen LogP contribution in [0.2, 0.25) is 0 Å². The highest BCUT2D eigenvalue weighted by atomic mass is 19.1. The number of piperidine rings is 2. The topological polar surface area (TPSA) is 56.2 Å². The predicted octanol–water partition coefficient (Wildman–Crippen LogP) is 7.01. The van der Waals surface area contributed by atoms with Gasteiger partial charge in [0.15, 0.2) is 0 Å². The highest BCUT2D eigenvalue weighted by molar-refractivity contribution is 5.69. The SMILES string of the molecule is CC(C)(F)CN1CCc2cc(OCc3ccccc3)ccc2C1c1c(F)cc(N2CCC3(CCN(CC(=O)O)CC3)CC2)cc1F. The largest absolute Gasteiger partial charge is 0.489 e. The number of hydrogen-bond acceptors (Lipinski definition) is 5. The Balaban J connectivity index is 1.21. The summed E-state index contributed by atoms with van der Waals surface area (Å²) in [7, 11) is 0. The van der Waals surface area contributed by atoms with Gasteiger partial charge in [-0.15, -0.1) is 0 Å². The highest BCUT2D eigenvalue weighted by Gasteiger charge is 2.39. The third-order valence-electron chi connectivity index (χ3n) is 10.1. The van der Waals surface area contributed by atoms with Crippen molar-refractivity contribution in [3.05, 3.63) is 94.6 Å². The molecule has 3 aromatic carbocycles. The Kier molecular flexibility index (Phi) is 9.35. The average Bonchev–Trinajstić information content (AvgIpc) is 3.01. The first-order chi connectivity index (χ1) is 22.0. The summed E-state index contributed by atoms with van der Waals surface area (Å²) in [5, 5.41) is 9.12. The van der Waals surface area contributed by atoms with Crippen LogP contribution in [-0.2, 0) is 17.8 Å². The van der Waals surface area contributed by atoms with Gasteiger partial charge in [-0.3, -0.25) is 14.6 Å². The second-order valence-corrected chi connectivity index (χ2v) is 14.0. The molecule has 0 aromatic heterocycles. The molecule has 3 aliphatic rings. The lowest BCUT2D eigenvalue weighted by molar-refractivity contribution is -0.139. The van der Waals surface area contributed by atoms with Crippen molar-refractivity contribution >= 4 is 11.7 Å². The number of aliphatic carboxylic acids is 1. The van der Waals surface area contributed by atoms with Gasteiger partial charge >= 0.3 is 5.97 Å². The summed E-state index contributed by atoms with van der Waals surface area (Å²) in [6.07, 6.45) is 4.31. The molecule has 0 amide bonds.